The molecule has 0 radical (unpaired) electrons. The number of ether oxygens (including phenoxy) is 4. The summed E-state index contributed by atoms with van der Waals surface area (Å²) >= 11 is 3.38. The number of hydrogen-bond acceptors (Lipinski definition) is 6. The summed E-state index contributed by atoms with van der Waals surface area (Å²) in [5.74, 6) is 0.172. The maximum atomic E-state index is 12.0. The molecule has 1 aromatic carbocycles. The third-order valence-corrected chi connectivity index (χ3v) is 3.91. The zero-order valence-corrected chi connectivity index (χ0v) is 15.8. The molecule has 1 amide bonds. The first kappa shape index (κ1) is 20.2. The van der Waals surface area contributed by atoms with E-state index in [2.05, 4.69) is 21.2 Å². The van der Waals surface area contributed by atoms with Crippen LogP contribution in [0.2, 0.25) is 0 Å². The number of hydrogen-bond donors (Lipinski definition) is 1. The standard InChI is InChI=1S/C16H22BrNO6/c1-10(16(20)18-5-6-21-2)24-15(19)8-11-7-13(22-3)14(23-4)9-12(11)17/h7,9-10H,5-6,8H2,1-4H3,(H,18,20)/t10-/m1/s1. The van der Waals surface area contributed by atoms with Gasteiger partial charge in [-0.05, 0) is 24.6 Å². The van der Waals surface area contributed by atoms with E-state index < -0.39 is 12.1 Å². The number of nitrogens with one attached hydrogen (secondary N) is 1. The summed E-state index contributed by atoms with van der Waals surface area (Å²) in [6.07, 6.45) is -0.885. The van der Waals surface area contributed by atoms with Gasteiger partial charge in [0.2, 0.25) is 0 Å². The van der Waals surface area contributed by atoms with Crippen molar-refractivity contribution in [2.45, 2.75) is 19.4 Å². The zero-order valence-electron chi connectivity index (χ0n) is 14.2. The Labute approximate surface area is 149 Å². The Morgan fingerprint density at radius 3 is 2.38 bits per heavy atom. The average molecular weight is 404 g/mol. The van der Waals surface area contributed by atoms with Crippen molar-refractivity contribution in [3.8, 4) is 11.5 Å². The lowest BCUT2D eigenvalue weighted by atomic mass is 10.1. The summed E-state index contributed by atoms with van der Waals surface area (Å²) in [4.78, 5) is 23.8. The van der Waals surface area contributed by atoms with Crippen LogP contribution in [0.15, 0.2) is 16.6 Å². The van der Waals surface area contributed by atoms with Crippen molar-refractivity contribution in [1.82, 2.24) is 5.32 Å². The molecule has 1 atom stereocenters. The fourth-order valence-electron chi connectivity index (χ4n) is 1.90. The summed E-state index contributed by atoms with van der Waals surface area (Å²) in [5.41, 5.74) is 0.671. The van der Waals surface area contributed by atoms with Crippen LogP contribution in [0.1, 0.15) is 12.5 Å². The molecule has 0 aliphatic carbocycles. The Balaban J connectivity index is 2.66. The van der Waals surface area contributed by atoms with Crippen LogP contribution in [0.4, 0.5) is 0 Å². The molecule has 1 N–H and O–H groups in total. The summed E-state index contributed by atoms with van der Waals surface area (Å²) in [6.45, 7) is 2.27. The van der Waals surface area contributed by atoms with E-state index in [1.807, 2.05) is 0 Å². The van der Waals surface area contributed by atoms with E-state index in [4.69, 9.17) is 18.9 Å². The SMILES string of the molecule is COCCNC(=O)[C@@H](C)OC(=O)Cc1cc(OC)c(OC)cc1Br. The van der Waals surface area contributed by atoms with Crippen molar-refractivity contribution in [2.75, 3.05) is 34.5 Å². The van der Waals surface area contributed by atoms with Gasteiger partial charge in [-0.3, -0.25) is 9.59 Å². The molecule has 0 spiro atoms. The van der Waals surface area contributed by atoms with Crippen LogP contribution in [-0.2, 0) is 25.5 Å². The van der Waals surface area contributed by atoms with E-state index in [1.165, 1.54) is 28.3 Å². The molecule has 8 heteroatoms. The molecular formula is C16H22BrNO6. The van der Waals surface area contributed by atoms with Crippen LogP contribution in [0.25, 0.3) is 0 Å². The van der Waals surface area contributed by atoms with Crippen molar-refractivity contribution < 1.29 is 28.5 Å². The van der Waals surface area contributed by atoms with E-state index in [9.17, 15) is 9.59 Å². The summed E-state index contributed by atoms with van der Waals surface area (Å²) in [6, 6.07) is 3.40. The molecule has 1 rings (SSSR count). The fourth-order valence-corrected chi connectivity index (χ4v) is 2.36. The minimum atomic E-state index is -0.881. The first-order valence-corrected chi connectivity index (χ1v) is 8.08. The van der Waals surface area contributed by atoms with Gasteiger partial charge in [0.05, 0.1) is 27.2 Å². The number of amides is 1. The second kappa shape index (κ2) is 10.1. The van der Waals surface area contributed by atoms with E-state index in [0.717, 1.165) is 0 Å². The highest BCUT2D eigenvalue weighted by Crippen LogP contribution is 2.33. The molecule has 0 aliphatic heterocycles. The zero-order chi connectivity index (χ0) is 18.1. The maximum Gasteiger partial charge on any atom is 0.311 e. The molecular weight excluding hydrogens is 382 g/mol. The quantitative estimate of drug-likeness (QED) is 0.499. The van der Waals surface area contributed by atoms with E-state index in [-0.39, 0.29) is 12.3 Å². The highest BCUT2D eigenvalue weighted by Gasteiger charge is 2.19. The monoisotopic (exact) mass is 403 g/mol. The average Bonchev–Trinajstić information content (AvgIpc) is 2.56. The summed E-state index contributed by atoms with van der Waals surface area (Å²) in [5, 5.41) is 2.61. The van der Waals surface area contributed by atoms with Gasteiger partial charge >= 0.3 is 5.97 Å². The minimum Gasteiger partial charge on any atom is -0.493 e. The van der Waals surface area contributed by atoms with Crippen LogP contribution in [0.5, 0.6) is 11.5 Å². The Morgan fingerprint density at radius 2 is 1.79 bits per heavy atom. The maximum absolute atomic E-state index is 12.0. The van der Waals surface area contributed by atoms with Gasteiger partial charge in [0.25, 0.3) is 5.91 Å². The lowest BCUT2D eigenvalue weighted by Gasteiger charge is -2.15. The molecule has 24 heavy (non-hydrogen) atoms. The fraction of sp³-hybridized carbons (Fsp3) is 0.500. The molecule has 1 aromatic rings. The van der Waals surface area contributed by atoms with Crippen molar-refractivity contribution >= 4 is 27.8 Å². The first-order valence-electron chi connectivity index (χ1n) is 7.29. The first-order chi connectivity index (χ1) is 11.4. The second-order valence-electron chi connectivity index (χ2n) is 4.89. The second-order valence-corrected chi connectivity index (χ2v) is 5.75. The molecule has 0 aliphatic rings. The highest BCUT2D eigenvalue weighted by atomic mass is 79.9. The Bertz CT molecular complexity index is 578. The minimum absolute atomic E-state index is 0.00334. The number of methoxy groups -OCH3 is 3. The number of rotatable bonds is 9. The number of carbonyl (C=O) groups excluding carboxylic acids is 2. The van der Waals surface area contributed by atoms with E-state index in [0.29, 0.717) is 34.7 Å². The van der Waals surface area contributed by atoms with Gasteiger partial charge in [-0.15, -0.1) is 0 Å². The molecule has 0 bridgehead atoms. The summed E-state index contributed by atoms with van der Waals surface area (Å²) < 4.78 is 21.1. The van der Waals surface area contributed by atoms with Crippen LogP contribution in [0.3, 0.4) is 0 Å². The van der Waals surface area contributed by atoms with Gasteiger partial charge in [0, 0.05) is 18.1 Å². The van der Waals surface area contributed by atoms with Gasteiger partial charge in [0.1, 0.15) is 0 Å². The summed E-state index contributed by atoms with van der Waals surface area (Å²) in [7, 11) is 4.58. The molecule has 0 aromatic heterocycles. The normalized spacial score (nSPS) is 11.5. The molecule has 0 fully saturated rings. The van der Waals surface area contributed by atoms with E-state index in [1.54, 1.807) is 12.1 Å². The van der Waals surface area contributed by atoms with E-state index >= 15 is 0 Å². The molecule has 0 unspecified atom stereocenters. The molecule has 134 valence electrons. The van der Waals surface area contributed by atoms with Gasteiger partial charge < -0.3 is 24.3 Å². The lowest BCUT2D eigenvalue weighted by molar-refractivity contribution is -0.154. The molecule has 0 saturated carbocycles. The number of carbonyl (C=O) groups is 2. The number of esters is 1. The largest absolute Gasteiger partial charge is 0.493 e. The molecule has 0 saturated heterocycles. The molecule has 0 heterocycles. The predicted octanol–water partition coefficient (Wildman–Crippen LogP) is 1.70. The smallest absolute Gasteiger partial charge is 0.311 e. The third-order valence-electron chi connectivity index (χ3n) is 3.17. The predicted molar refractivity (Wildman–Crippen MR) is 91.4 cm³/mol. The Morgan fingerprint density at radius 1 is 1.17 bits per heavy atom. The highest BCUT2D eigenvalue weighted by molar-refractivity contribution is 9.10. The molecule has 7 nitrogen and oxygen atoms in total. The van der Waals surface area contributed by atoms with Crippen molar-refractivity contribution in [1.29, 1.82) is 0 Å². The number of halogens is 1. The van der Waals surface area contributed by atoms with Crippen molar-refractivity contribution in [2.24, 2.45) is 0 Å². The Hall–Kier alpha value is -1.80. The topological polar surface area (TPSA) is 83.1 Å². The van der Waals surface area contributed by atoms with Crippen LogP contribution >= 0.6 is 15.9 Å². The van der Waals surface area contributed by atoms with Gasteiger partial charge in [-0.25, -0.2) is 0 Å². The van der Waals surface area contributed by atoms with Crippen LogP contribution in [0, 0.1) is 0 Å². The van der Waals surface area contributed by atoms with Gasteiger partial charge in [-0.2, -0.15) is 0 Å². The lowest BCUT2D eigenvalue weighted by Crippen LogP contribution is -2.37. The van der Waals surface area contributed by atoms with Crippen molar-refractivity contribution in [3.63, 3.8) is 0 Å². The number of benzene rings is 1. The van der Waals surface area contributed by atoms with Gasteiger partial charge in [-0.1, -0.05) is 15.9 Å². The van der Waals surface area contributed by atoms with Crippen LogP contribution < -0.4 is 14.8 Å². The van der Waals surface area contributed by atoms with Crippen LogP contribution in [-0.4, -0.2) is 52.5 Å². The van der Waals surface area contributed by atoms with Gasteiger partial charge in [0.15, 0.2) is 17.6 Å². The third kappa shape index (κ3) is 6.01. The van der Waals surface area contributed by atoms with Crippen molar-refractivity contribution in [3.05, 3.63) is 22.2 Å². The Kier molecular flexibility index (Phi) is 8.56.